The SMILES string of the molecule is C=CC(=O)OCCNC(=O)Oc1ccc(C(=O)O)c(C)c1. The van der Waals surface area contributed by atoms with Gasteiger partial charge in [-0.1, -0.05) is 6.58 Å². The van der Waals surface area contributed by atoms with Crippen LogP contribution in [0.5, 0.6) is 5.75 Å². The van der Waals surface area contributed by atoms with Gasteiger partial charge in [0.1, 0.15) is 12.4 Å². The van der Waals surface area contributed by atoms with Gasteiger partial charge in [-0.15, -0.1) is 0 Å². The number of carboxylic acids is 1. The fourth-order valence-corrected chi connectivity index (χ4v) is 1.45. The molecule has 2 N–H and O–H groups in total. The normalized spacial score (nSPS) is 9.57. The van der Waals surface area contributed by atoms with E-state index in [4.69, 9.17) is 9.84 Å². The third kappa shape index (κ3) is 5.35. The molecule has 0 saturated heterocycles. The van der Waals surface area contributed by atoms with E-state index in [1.165, 1.54) is 18.2 Å². The molecule has 1 rings (SSSR count). The van der Waals surface area contributed by atoms with Crippen LogP contribution in [-0.4, -0.2) is 36.3 Å². The largest absolute Gasteiger partial charge is 0.478 e. The summed E-state index contributed by atoms with van der Waals surface area (Å²) in [6, 6.07) is 4.18. The zero-order valence-corrected chi connectivity index (χ0v) is 11.4. The van der Waals surface area contributed by atoms with Gasteiger partial charge in [0.2, 0.25) is 0 Å². The average Bonchev–Trinajstić information content (AvgIpc) is 2.43. The molecule has 21 heavy (non-hydrogen) atoms. The number of aryl methyl sites for hydroxylation is 1. The zero-order valence-electron chi connectivity index (χ0n) is 11.4. The summed E-state index contributed by atoms with van der Waals surface area (Å²) in [5.41, 5.74) is 0.617. The standard InChI is InChI=1S/C14H15NO6/c1-3-12(16)20-7-6-15-14(19)21-10-4-5-11(13(17)18)9(2)8-10/h3-5,8H,1,6-7H2,2H3,(H,15,19)(H,17,18). The smallest absolute Gasteiger partial charge is 0.412 e. The van der Waals surface area contributed by atoms with Gasteiger partial charge in [-0.3, -0.25) is 0 Å². The molecule has 0 unspecified atom stereocenters. The van der Waals surface area contributed by atoms with Crippen LogP contribution in [0.25, 0.3) is 0 Å². The van der Waals surface area contributed by atoms with E-state index in [9.17, 15) is 14.4 Å². The highest BCUT2D eigenvalue weighted by Gasteiger charge is 2.10. The first kappa shape index (κ1) is 16.2. The maximum Gasteiger partial charge on any atom is 0.412 e. The molecule has 7 nitrogen and oxygen atoms in total. The Balaban J connectivity index is 2.44. The number of hydrogen-bond acceptors (Lipinski definition) is 5. The first-order chi connectivity index (χ1) is 9.93. The zero-order chi connectivity index (χ0) is 15.8. The van der Waals surface area contributed by atoms with E-state index in [2.05, 4.69) is 16.6 Å². The van der Waals surface area contributed by atoms with Gasteiger partial charge >= 0.3 is 18.0 Å². The van der Waals surface area contributed by atoms with Crippen molar-refractivity contribution in [2.24, 2.45) is 0 Å². The van der Waals surface area contributed by atoms with Gasteiger partial charge in [0.25, 0.3) is 0 Å². The summed E-state index contributed by atoms with van der Waals surface area (Å²) in [5, 5.41) is 11.3. The average molecular weight is 293 g/mol. The molecular formula is C14H15NO6. The maximum atomic E-state index is 11.4. The minimum Gasteiger partial charge on any atom is -0.478 e. The van der Waals surface area contributed by atoms with Crippen LogP contribution in [0.1, 0.15) is 15.9 Å². The van der Waals surface area contributed by atoms with E-state index in [1.807, 2.05) is 0 Å². The fraction of sp³-hybridized carbons (Fsp3) is 0.214. The number of amides is 1. The van der Waals surface area contributed by atoms with Crippen LogP contribution in [0.4, 0.5) is 4.79 Å². The Kier molecular flexibility index (Phi) is 5.94. The highest BCUT2D eigenvalue weighted by atomic mass is 16.6. The number of carbonyl (C=O) groups excluding carboxylic acids is 2. The van der Waals surface area contributed by atoms with E-state index < -0.39 is 18.0 Å². The summed E-state index contributed by atoms with van der Waals surface area (Å²) in [5.74, 6) is -1.41. The highest BCUT2D eigenvalue weighted by molar-refractivity contribution is 5.89. The van der Waals surface area contributed by atoms with Gasteiger partial charge in [0.15, 0.2) is 0 Å². The Morgan fingerprint density at radius 3 is 2.67 bits per heavy atom. The summed E-state index contributed by atoms with van der Waals surface area (Å²) in [7, 11) is 0. The molecule has 0 heterocycles. The maximum absolute atomic E-state index is 11.4. The van der Waals surface area contributed by atoms with Crippen molar-refractivity contribution in [1.82, 2.24) is 5.32 Å². The summed E-state index contributed by atoms with van der Waals surface area (Å²) < 4.78 is 9.62. The molecule has 1 amide bonds. The van der Waals surface area contributed by atoms with Gasteiger partial charge < -0.3 is 19.9 Å². The third-order valence-corrected chi connectivity index (χ3v) is 2.42. The predicted octanol–water partition coefficient (Wildman–Crippen LogP) is 1.51. The first-order valence-corrected chi connectivity index (χ1v) is 6.03. The van der Waals surface area contributed by atoms with Crippen LogP contribution in [0.15, 0.2) is 30.9 Å². The molecule has 112 valence electrons. The van der Waals surface area contributed by atoms with Crippen molar-refractivity contribution in [3.05, 3.63) is 42.0 Å². The third-order valence-electron chi connectivity index (χ3n) is 2.42. The van der Waals surface area contributed by atoms with Crippen molar-refractivity contribution >= 4 is 18.0 Å². The van der Waals surface area contributed by atoms with E-state index in [0.29, 0.717) is 5.56 Å². The number of nitrogens with one attached hydrogen (secondary N) is 1. The van der Waals surface area contributed by atoms with Crippen molar-refractivity contribution in [2.75, 3.05) is 13.2 Å². The Morgan fingerprint density at radius 2 is 2.10 bits per heavy atom. The number of esters is 1. The molecule has 0 aliphatic carbocycles. The topological polar surface area (TPSA) is 102 Å². The van der Waals surface area contributed by atoms with E-state index in [0.717, 1.165) is 6.08 Å². The quantitative estimate of drug-likeness (QED) is 0.468. The van der Waals surface area contributed by atoms with Crippen LogP contribution in [0, 0.1) is 6.92 Å². The molecule has 0 fully saturated rings. The van der Waals surface area contributed by atoms with E-state index >= 15 is 0 Å². The van der Waals surface area contributed by atoms with Crippen molar-refractivity contribution < 1.29 is 29.0 Å². The Bertz CT molecular complexity index is 567. The molecule has 0 aliphatic rings. The van der Waals surface area contributed by atoms with Crippen LogP contribution in [-0.2, 0) is 9.53 Å². The van der Waals surface area contributed by atoms with Crippen molar-refractivity contribution in [1.29, 1.82) is 0 Å². The number of ether oxygens (including phenoxy) is 2. The van der Waals surface area contributed by atoms with Gasteiger partial charge in [0, 0.05) is 6.08 Å². The van der Waals surface area contributed by atoms with E-state index in [1.54, 1.807) is 6.92 Å². The lowest BCUT2D eigenvalue weighted by Gasteiger charge is -2.08. The first-order valence-electron chi connectivity index (χ1n) is 6.03. The number of carboxylic acid groups (broad SMARTS) is 1. The molecule has 1 aromatic carbocycles. The number of hydrogen-bond donors (Lipinski definition) is 2. The molecule has 0 spiro atoms. The Hall–Kier alpha value is -2.83. The molecule has 0 radical (unpaired) electrons. The molecule has 0 bridgehead atoms. The summed E-state index contributed by atoms with van der Waals surface area (Å²) in [4.78, 5) is 33.0. The second kappa shape index (κ2) is 7.68. The number of carbonyl (C=O) groups is 3. The Labute approximate surface area is 121 Å². The molecule has 0 aromatic heterocycles. The van der Waals surface area contributed by atoms with Crippen LogP contribution in [0.2, 0.25) is 0 Å². The highest BCUT2D eigenvalue weighted by Crippen LogP contribution is 2.17. The molecule has 0 aliphatic heterocycles. The van der Waals surface area contributed by atoms with Crippen LogP contribution in [0.3, 0.4) is 0 Å². The Morgan fingerprint density at radius 1 is 1.38 bits per heavy atom. The second-order valence-corrected chi connectivity index (χ2v) is 3.97. The summed E-state index contributed by atoms with van der Waals surface area (Å²) >= 11 is 0. The molecule has 0 atom stereocenters. The van der Waals surface area contributed by atoms with Crippen molar-refractivity contribution in [3.63, 3.8) is 0 Å². The predicted molar refractivity (Wildman–Crippen MR) is 73.3 cm³/mol. The number of aromatic carboxylic acids is 1. The van der Waals surface area contributed by atoms with Gasteiger partial charge in [-0.25, -0.2) is 14.4 Å². The lowest BCUT2D eigenvalue weighted by atomic mass is 10.1. The number of rotatable bonds is 6. The van der Waals surface area contributed by atoms with Crippen molar-refractivity contribution in [3.8, 4) is 5.75 Å². The minimum atomic E-state index is -1.05. The van der Waals surface area contributed by atoms with Gasteiger partial charge in [-0.2, -0.15) is 0 Å². The summed E-state index contributed by atoms with van der Waals surface area (Å²) in [6.45, 7) is 4.91. The lowest BCUT2D eigenvalue weighted by molar-refractivity contribution is -0.137. The van der Waals surface area contributed by atoms with Crippen molar-refractivity contribution in [2.45, 2.75) is 6.92 Å². The fourth-order valence-electron chi connectivity index (χ4n) is 1.45. The van der Waals surface area contributed by atoms with Crippen LogP contribution < -0.4 is 10.1 Å². The number of benzene rings is 1. The molecule has 0 saturated carbocycles. The second-order valence-electron chi connectivity index (χ2n) is 3.97. The van der Waals surface area contributed by atoms with Gasteiger partial charge in [-0.05, 0) is 30.7 Å². The lowest BCUT2D eigenvalue weighted by Crippen LogP contribution is -2.30. The molecular weight excluding hydrogens is 278 g/mol. The monoisotopic (exact) mass is 293 g/mol. The molecule has 7 heteroatoms. The van der Waals surface area contributed by atoms with E-state index in [-0.39, 0.29) is 24.5 Å². The summed E-state index contributed by atoms with van der Waals surface area (Å²) in [6.07, 6.45) is 0.289. The van der Waals surface area contributed by atoms with Gasteiger partial charge in [0.05, 0.1) is 12.1 Å². The minimum absolute atomic E-state index is 0.00304. The van der Waals surface area contributed by atoms with Crippen LogP contribution >= 0.6 is 0 Å². The molecule has 1 aromatic rings.